The van der Waals surface area contributed by atoms with E-state index in [9.17, 15) is 9.59 Å². The molecule has 1 saturated carbocycles. The quantitative estimate of drug-likeness (QED) is 0.900. The number of piperidine rings is 1. The zero-order chi connectivity index (χ0) is 17.1. The molecule has 24 heavy (non-hydrogen) atoms. The highest BCUT2D eigenvalue weighted by Crippen LogP contribution is 2.31. The van der Waals surface area contributed by atoms with Gasteiger partial charge >= 0.3 is 0 Å². The first kappa shape index (κ1) is 16.8. The van der Waals surface area contributed by atoms with Crippen LogP contribution >= 0.6 is 0 Å². The lowest BCUT2D eigenvalue weighted by Crippen LogP contribution is -2.47. The minimum Gasteiger partial charge on any atom is -0.483 e. The fourth-order valence-electron chi connectivity index (χ4n) is 3.13. The van der Waals surface area contributed by atoms with Crippen molar-refractivity contribution < 1.29 is 14.3 Å². The molecule has 0 radical (unpaired) electrons. The fraction of sp³-hybridized carbons (Fsp3) is 0.579. The largest absolute Gasteiger partial charge is 0.483 e. The second-order valence-corrected chi connectivity index (χ2v) is 6.93. The molecule has 1 aromatic rings. The second kappa shape index (κ2) is 7.24. The van der Waals surface area contributed by atoms with Crippen LogP contribution in [0.4, 0.5) is 0 Å². The lowest BCUT2D eigenvalue weighted by molar-refractivity contribution is -0.133. The molecule has 1 saturated heterocycles. The zero-order valence-electron chi connectivity index (χ0n) is 14.5. The Morgan fingerprint density at radius 2 is 1.88 bits per heavy atom. The smallest absolute Gasteiger partial charge is 0.258 e. The number of carbonyl (C=O) groups excluding carboxylic acids is 2. The van der Waals surface area contributed by atoms with Gasteiger partial charge in [-0.15, -0.1) is 0 Å². The van der Waals surface area contributed by atoms with Gasteiger partial charge in [0.1, 0.15) is 5.75 Å². The second-order valence-electron chi connectivity index (χ2n) is 6.93. The van der Waals surface area contributed by atoms with Gasteiger partial charge in [-0.25, -0.2) is 0 Å². The number of likely N-dealkylation sites (tertiary alicyclic amines) is 1. The summed E-state index contributed by atoms with van der Waals surface area (Å²) in [7, 11) is 0. The summed E-state index contributed by atoms with van der Waals surface area (Å²) in [6.45, 7) is 5.55. The highest BCUT2D eigenvalue weighted by Gasteiger charge is 2.35. The summed E-state index contributed by atoms with van der Waals surface area (Å²) < 4.78 is 5.64. The summed E-state index contributed by atoms with van der Waals surface area (Å²) in [5.74, 6) is 1.25. The van der Waals surface area contributed by atoms with E-state index in [0.29, 0.717) is 5.91 Å². The molecule has 5 heteroatoms. The summed E-state index contributed by atoms with van der Waals surface area (Å²) in [4.78, 5) is 26.1. The molecule has 2 aliphatic rings. The van der Waals surface area contributed by atoms with Gasteiger partial charge in [0.15, 0.2) is 6.61 Å². The van der Waals surface area contributed by atoms with E-state index in [2.05, 4.69) is 5.32 Å². The molecule has 1 N–H and O–H groups in total. The molecule has 0 spiro atoms. The maximum atomic E-state index is 12.1. The monoisotopic (exact) mass is 330 g/mol. The third-order valence-electron chi connectivity index (χ3n) is 5.01. The number of rotatable bonds is 5. The Hall–Kier alpha value is -2.04. The van der Waals surface area contributed by atoms with E-state index in [1.165, 1.54) is 0 Å². The lowest BCUT2D eigenvalue weighted by Gasteiger charge is -2.32. The van der Waals surface area contributed by atoms with Crippen molar-refractivity contribution in [1.82, 2.24) is 10.2 Å². The maximum Gasteiger partial charge on any atom is 0.258 e. The Bertz CT molecular complexity index is 617. The van der Waals surface area contributed by atoms with Crippen LogP contribution in [0.1, 0.15) is 36.8 Å². The van der Waals surface area contributed by atoms with Gasteiger partial charge in [-0.1, -0.05) is 12.1 Å². The molecule has 0 bridgehead atoms. The molecular formula is C19H26N2O3. The number of hydrogen-bond donors (Lipinski definition) is 1. The van der Waals surface area contributed by atoms with Crippen molar-refractivity contribution in [2.45, 2.75) is 45.6 Å². The van der Waals surface area contributed by atoms with Crippen LogP contribution in [0.3, 0.4) is 0 Å². The van der Waals surface area contributed by atoms with Crippen LogP contribution < -0.4 is 10.1 Å². The van der Waals surface area contributed by atoms with Crippen molar-refractivity contribution >= 4 is 11.8 Å². The summed E-state index contributed by atoms with van der Waals surface area (Å²) in [6, 6.07) is 5.99. The number of hydrogen-bond acceptors (Lipinski definition) is 3. The summed E-state index contributed by atoms with van der Waals surface area (Å²) in [5.41, 5.74) is 2.22. The summed E-state index contributed by atoms with van der Waals surface area (Å²) in [6.07, 6.45) is 3.75. The molecule has 0 unspecified atom stereocenters. The molecule has 1 aromatic carbocycles. The van der Waals surface area contributed by atoms with E-state index in [1.54, 1.807) is 0 Å². The number of nitrogens with one attached hydrogen (secondary N) is 1. The highest BCUT2D eigenvalue weighted by atomic mass is 16.5. The van der Waals surface area contributed by atoms with Crippen molar-refractivity contribution in [3.05, 3.63) is 29.3 Å². The van der Waals surface area contributed by atoms with E-state index in [4.69, 9.17) is 4.74 Å². The van der Waals surface area contributed by atoms with Gasteiger partial charge in [-0.2, -0.15) is 0 Å². The SMILES string of the molecule is Cc1cccc(OCC(=O)NC2CCN(C(=O)C3CC3)CC2)c1C. The molecule has 0 atom stereocenters. The normalized spacial score (nSPS) is 18.3. The molecular weight excluding hydrogens is 304 g/mol. The number of amides is 2. The Morgan fingerprint density at radius 1 is 1.17 bits per heavy atom. The molecule has 3 rings (SSSR count). The number of aryl methyl sites for hydroxylation is 1. The van der Waals surface area contributed by atoms with Gasteiger partial charge in [0.05, 0.1) is 0 Å². The molecule has 1 heterocycles. The minimum absolute atomic E-state index is 0.0332. The summed E-state index contributed by atoms with van der Waals surface area (Å²) in [5, 5.41) is 3.03. The van der Waals surface area contributed by atoms with Gasteiger partial charge in [0.25, 0.3) is 5.91 Å². The van der Waals surface area contributed by atoms with Gasteiger partial charge < -0.3 is 15.0 Å². The Balaban J connectivity index is 1.41. The average molecular weight is 330 g/mol. The van der Waals surface area contributed by atoms with Gasteiger partial charge in [-0.05, 0) is 56.7 Å². The summed E-state index contributed by atoms with van der Waals surface area (Å²) >= 11 is 0. The zero-order valence-corrected chi connectivity index (χ0v) is 14.5. The van der Waals surface area contributed by atoms with Gasteiger partial charge in [-0.3, -0.25) is 9.59 Å². The van der Waals surface area contributed by atoms with E-state index in [0.717, 1.165) is 55.6 Å². The number of nitrogens with zero attached hydrogens (tertiary/aromatic N) is 1. The van der Waals surface area contributed by atoms with Crippen LogP contribution in [-0.4, -0.2) is 42.5 Å². The molecule has 130 valence electrons. The third-order valence-corrected chi connectivity index (χ3v) is 5.01. The van der Waals surface area contributed by atoms with Crippen LogP contribution in [0.25, 0.3) is 0 Å². The van der Waals surface area contributed by atoms with Crippen molar-refractivity contribution in [3.8, 4) is 5.75 Å². The highest BCUT2D eigenvalue weighted by molar-refractivity contribution is 5.81. The van der Waals surface area contributed by atoms with Crippen molar-refractivity contribution in [2.24, 2.45) is 5.92 Å². The lowest BCUT2D eigenvalue weighted by atomic mass is 10.0. The first-order valence-electron chi connectivity index (χ1n) is 8.82. The first-order valence-corrected chi connectivity index (χ1v) is 8.82. The standard InChI is InChI=1S/C19H26N2O3/c1-13-4-3-5-17(14(13)2)24-12-18(22)20-16-8-10-21(11-9-16)19(23)15-6-7-15/h3-5,15-16H,6-12H2,1-2H3,(H,20,22). The fourth-order valence-corrected chi connectivity index (χ4v) is 3.13. The first-order chi connectivity index (χ1) is 11.5. The Labute approximate surface area is 143 Å². The molecule has 1 aliphatic heterocycles. The van der Waals surface area contributed by atoms with Gasteiger partial charge in [0.2, 0.25) is 5.91 Å². The molecule has 5 nitrogen and oxygen atoms in total. The van der Waals surface area contributed by atoms with Crippen molar-refractivity contribution in [2.75, 3.05) is 19.7 Å². The minimum atomic E-state index is -0.0946. The van der Waals surface area contributed by atoms with Crippen LogP contribution in [-0.2, 0) is 9.59 Å². The predicted octanol–water partition coefficient (Wildman–Crippen LogP) is 2.20. The topological polar surface area (TPSA) is 58.6 Å². The number of ether oxygens (including phenoxy) is 1. The van der Waals surface area contributed by atoms with Crippen LogP contribution in [0, 0.1) is 19.8 Å². The molecule has 0 aromatic heterocycles. The van der Waals surface area contributed by atoms with Crippen molar-refractivity contribution in [1.29, 1.82) is 0 Å². The van der Waals surface area contributed by atoms with Crippen molar-refractivity contribution in [3.63, 3.8) is 0 Å². The molecule has 1 aliphatic carbocycles. The van der Waals surface area contributed by atoms with E-state index < -0.39 is 0 Å². The van der Waals surface area contributed by atoms with Crippen LogP contribution in [0.15, 0.2) is 18.2 Å². The predicted molar refractivity (Wildman–Crippen MR) is 91.9 cm³/mol. The molecule has 2 fully saturated rings. The number of benzene rings is 1. The van der Waals surface area contributed by atoms with E-state index >= 15 is 0 Å². The van der Waals surface area contributed by atoms with Crippen LogP contribution in [0.5, 0.6) is 5.75 Å². The average Bonchev–Trinajstić information content (AvgIpc) is 3.41. The Kier molecular flexibility index (Phi) is 5.07. The van der Waals surface area contributed by atoms with E-state index in [1.807, 2.05) is 36.9 Å². The van der Waals surface area contributed by atoms with Gasteiger partial charge in [0, 0.05) is 25.0 Å². The Morgan fingerprint density at radius 3 is 2.54 bits per heavy atom. The van der Waals surface area contributed by atoms with Crippen LogP contribution in [0.2, 0.25) is 0 Å². The third kappa shape index (κ3) is 4.08. The molecule has 2 amide bonds. The number of carbonyl (C=O) groups is 2. The maximum absolute atomic E-state index is 12.1. The van der Waals surface area contributed by atoms with E-state index in [-0.39, 0.29) is 24.5 Å².